The summed E-state index contributed by atoms with van der Waals surface area (Å²) in [7, 11) is 0. The Hall–Kier alpha value is -3.19. The third-order valence-electron chi connectivity index (χ3n) is 6.12. The number of hydrogen-bond acceptors (Lipinski definition) is 15. The van der Waals surface area contributed by atoms with Crippen LogP contribution >= 0.6 is 0 Å². The van der Waals surface area contributed by atoms with E-state index in [1.165, 1.54) is 41.5 Å². The Morgan fingerprint density at radius 3 is 2.08 bits per heavy atom. The molecule has 9 atom stereocenters. The average molecular weight is 539 g/mol. The molecule has 2 aromatic heterocycles. The maximum Gasteiger partial charge on any atom is 0.229 e. The number of aromatic hydroxyl groups is 1. The molecule has 0 unspecified atom stereocenters. The zero-order valence-electron chi connectivity index (χ0n) is 19.7. The summed E-state index contributed by atoms with van der Waals surface area (Å²) >= 11 is 0. The van der Waals surface area contributed by atoms with Gasteiger partial charge in [0.05, 0.1) is 19.5 Å². The van der Waals surface area contributed by atoms with E-state index < -0.39 is 68.5 Å². The fourth-order valence-electron chi connectivity index (χ4n) is 3.99. The summed E-state index contributed by atoms with van der Waals surface area (Å²) < 4.78 is 17.3. The molecular weight excluding hydrogens is 510 g/mol. The predicted octanol–water partition coefficient (Wildman–Crippen LogP) is -3.41. The van der Waals surface area contributed by atoms with E-state index in [4.69, 9.17) is 35.3 Å². The largest absolute Gasteiger partial charge is 0.508 e. The SMILES string of the molecule is Nc1ncnc2c1ncn2[C@@H]1O[C@H](CO)[C@@H](O)[C@H]1O.OC[C@H]1O[C@@H](Oc2ccc(O)cc2)[C@H](O)[C@@H](O)[C@@H]1O. The highest BCUT2D eigenvalue weighted by atomic mass is 16.7. The third-order valence-corrected chi connectivity index (χ3v) is 6.12. The first-order chi connectivity index (χ1) is 18.2. The Morgan fingerprint density at radius 2 is 1.45 bits per heavy atom. The van der Waals surface area contributed by atoms with Crippen LogP contribution < -0.4 is 10.5 Å². The van der Waals surface area contributed by atoms with Crippen LogP contribution in [0.1, 0.15) is 6.23 Å². The van der Waals surface area contributed by atoms with Crippen LogP contribution in [0.3, 0.4) is 0 Å². The van der Waals surface area contributed by atoms with Crippen LogP contribution in [0.4, 0.5) is 5.82 Å². The second-order valence-corrected chi connectivity index (χ2v) is 8.62. The summed E-state index contributed by atoms with van der Waals surface area (Å²) in [6.07, 6.45) is -8.01. The van der Waals surface area contributed by atoms with Crippen molar-refractivity contribution in [3.63, 3.8) is 0 Å². The summed E-state index contributed by atoms with van der Waals surface area (Å²) in [4.78, 5) is 11.9. The van der Waals surface area contributed by atoms with Gasteiger partial charge in [-0.2, -0.15) is 0 Å². The molecule has 0 bridgehead atoms. The second-order valence-electron chi connectivity index (χ2n) is 8.62. The van der Waals surface area contributed by atoms with Crippen molar-refractivity contribution in [3.05, 3.63) is 36.9 Å². The number of anilines is 1. The van der Waals surface area contributed by atoms with E-state index in [0.29, 0.717) is 16.9 Å². The van der Waals surface area contributed by atoms with Crippen LogP contribution in [0.5, 0.6) is 11.5 Å². The fraction of sp³-hybridized carbons (Fsp3) is 0.500. The number of ether oxygens (including phenoxy) is 3. The number of benzene rings is 1. The number of aliphatic hydroxyl groups is 7. The van der Waals surface area contributed by atoms with E-state index in [9.17, 15) is 25.5 Å². The number of rotatable bonds is 5. The molecule has 16 heteroatoms. The molecule has 10 N–H and O–H groups in total. The molecule has 38 heavy (non-hydrogen) atoms. The van der Waals surface area contributed by atoms with Crippen molar-refractivity contribution < 1.29 is 55.1 Å². The molecule has 0 radical (unpaired) electrons. The summed E-state index contributed by atoms with van der Waals surface area (Å²) in [5.74, 6) is 0.582. The highest BCUT2D eigenvalue weighted by Crippen LogP contribution is 2.31. The lowest BCUT2D eigenvalue weighted by molar-refractivity contribution is -0.277. The van der Waals surface area contributed by atoms with Gasteiger partial charge < -0.3 is 60.8 Å². The van der Waals surface area contributed by atoms with E-state index >= 15 is 0 Å². The van der Waals surface area contributed by atoms with E-state index in [0.717, 1.165) is 0 Å². The van der Waals surface area contributed by atoms with Gasteiger partial charge >= 0.3 is 0 Å². The number of aliphatic hydroxyl groups excluding tert-OH is 7. The van der Waals surface area contributed by atoms with E-state index in [1.807, 2.05) is 0 Å². The maximum atomic E-state index is 9.95. The Morgan fingerprint density at radius 1 is 0.816 bits per heavy atom. The quantitative estimate of drug-likeness (QED) is 0.153. The molecule has 0 saturated carbocycles. The summed E-state index contributed by atoms with van der Waals surface area (Å²) in [5, 5.41) is 75.8. The molecule has 1 aromatic carbocycles. The number of phenols is 1. The maximum absolute atomic E-state index is 9.95. The minimum atomic E-state index is -1.48. The average Bonchev–Trinajstić information content (AvgIpc) is 3.47. The highest BCUT2D eigenvalue weighted by Gasteiger charge is 2.45. The lowest BCUT2D eigenvalue weighted by Crippen LogP contribution is -2.60. The lowest BCUT2D eigenvalue weighted by atomic mass is 9.99. The van der Waals surface area contributed by atoms with Crippen molar-refractivity contribution >= 4 is 17.0 Å². The first kappa shape index (κ1) is 27.8. The Labute approximate surface area is 214 Å². The monoisotopic (exact) mass is 539 g/mol. The lowest BCUT2D eigenvalue weighted by Gasteiger charge is -2.39. The molecule has 0 amide bonds. The number of nitrogen functional groups attached to an aromatic ring is 1. The predicted molar refractivity (Wildman–Crippen MR) is 125 cm³/mol. The summed E-state index contributed by atoms with van der Waals surface area (Å²) in [6, 6.07) is 5.69. The van der Waals surface area contributed by atoms with Crippen molar-refractivity contribution in [3.8, 4) is 11.5 Å². The normalized spacial score (nSPS) is 33.1. The minimum absolute atomic E-state index is 0.0566. The van der Waals surface area contributed by atoms with E-state index in [-0.39, 0.29) is 11.6 Å². The fourth-order valence-corrected chi connectivity index (χ4v) is 3.99. The van der Waals surface area contributed by atoms with E-state index in [1.54, 1.807) is 0 Å². The van der Waals surface area contributed by atoms with Gasteiger partial charge in [-0.15, -0.1) is 0 Å². The molecule has 5 rings (SSSR count). The molecule has 2 saturated heterocycles. The number of nitrogens with two attached hydrogens (primary N) is 1. The zero-order chi connectivity index (χ0) is 27.6. The number of fused-ring (bicyclic) bond motifs is 1. The summed E-state index contributed by atoms with van der Waals surface area (Å²) in [5.41, 5.74) is 6.44. The molecule has 0 aliphatic carbocycles. The first-order valence-electron chi connectivity index (χ1n) is 11.5. The van der Waals surface area contributed by atoms with Gasteiger partial charge in [0, 0.05) is 0 Å². The molecule has 16 nitrogen and oxygen atoms in total. The molecular formula is C22H29N5O11. The zero-order valence-corrected chi connectivity index (χ0v) is 19.7. The standard InChI is InChI=1S/C12H16O7.C10H13N5O4/c13-5-8-9(15)10(16)11(17)12(19-8)18-7-3-1-6(14)2-4-7;11-8-5-9(13-2-12-8)15(3-14-5)10-7(18)6(17)4(1-16)19-10/h1-4,8-17H,5H2;2-4,6-7,10,16-18H,1H2,(H2,11,12,13)/t8-,9-,10+,11-,12-;4-,6-,7-,10-/m11/s1. The molecule has 2 fully saturated rings. The third kappa shape index (κ3) is 5.48. The molecule has 4 heterocycles. The van der Waals surface area contributed by atoms with Gasteiger partial charge in [-0.05, 0) is 24.3 Å². The van der Waals surface area contributed by atoms with Gasteiger partial charge in [0.25, 0.3) is 0 Å². The van der Waals surface area contributed by atoms with Crippen molar-refractivity contribution in [1.82, 2.24) is 19.5 Å². The summed E-state index contributed by atoms with van der Waals surface area (Å²) in [6.45, 7) is -0.904. The van der Waals surface area contributed by atoms with Gasteiger partial charge in [0.1, 0.15) is 66.1 Å². The molecule has 208 valence electrons. The van der Waals surface area contributed by atoms with Gasteiger partial charge in [-0.3, -0.25) is 4.57 Å². The first-order valence-corrected chi connectivity index (χ1v) is 11.5. The molecule has 0 spiro atoms. The molecule has 2 aliphatic heterocycles. The number of imidazole rings is 1. The Kier molecular flexibility index (Phi) is 8.56. The number of phenolic OH excluding ortho intramolecular Hbond substituents is 1. The van der Waals surface area contributed by atoms with Gasteiger partial charge in [0.15, 0.2) is 17.7 Å². The Bertz CT molecular complexity index is 1200. The molecule has 2 aliphatic rings. The van der Waals surface area contributed by atoms with Crippen molar-refractivity contribution in [1.29, 1.82) is 0 Å². The topological polar surface area (TPSA) is 259 Å². The second kappa shape index (κ2) is 11.7. The van der Waals surface area contributed by atoms with Crippen LogP contribution in [-0.4, -0.2) is 123 Å². The van der Waals surface area contributed by atoms with Crippen LogP contribution in [0.25, 0.3) is 11.2 Å². The number of hydrogen-bond donors (Lipinski definition) is 9. The van der Waals surface area contributed by atoms with E-state index in [2.05, 4.69) is 15.0 Å². The van der Waals surface area contributed by atoms with Crippen molar-refractivity contribution in [2.24, 2.45) is 0 Å². The van der Waals surface area contributed by atoms with Crippen LogP contribution in [0.2, 0.25) is 0 Å². The highest BCUT2D eigenvalue weighted by molar-refractivity contribution is 5.81. The van der Waals surface area contributed by atoms with Crippen LogP contribution in [0.15, 0.2) is 36.9 Å². The van der Waals surface area contributed by atoms with Crippen LogP contribution in [0, 0.1) is 0 Å². The number of aromatic nitrogens is 4. The minimum Gasteiger partial charge on any atom is -0.508 e. The van der Waals surface area contributed by atoms with Gasteiger partial charge in [0.2, 0.25) is 6.29 Å². The number of nitrogens with zero attached hydrogens (tertiary/aromatic N) is 4. The van der Waals surface area contributed by atoms with Crippen LogP contribution in [-0.2, 0) is 9.47 Å². The molecule has 3 aromatic rings. The van der Waals surface area contributed by atoms with Gasteiger partial charge in [-0.25, -0.2) is 15.0 Å². The Balaban J connectivity index is 0.000000177. The van der Waals surface area contributed by atoms with Crippen molar-refractivity contribution in [2.75, 3.05) is 18.9 Å². The van der Waals surface area contributed by atoms with Crippen molar-refractivity contribution in [2.45, 2.75) is 55.2 Å². The smallest absolute Gasteiger partial charge is 0.229 e. The van der Waals surface area contributed by atoms with Gasteiger partial charge in [-0.1, -0.05) is 0 Å².